The van der Waals surface area contributed by atoms with E-state index in [4.69, 9.17) is 0 Å². The van der Waals surface area contributed by atoms with Gasteiger partial charge in [0.25, 0.3) is 0 Å². The van der Waals surface area contributed by atoms with Crippen LogP contribution in [0.2, 0.25) is 0 Å². The Bertz CT molecular complexity index is 481. The average Bonchev–Trinajstić information content (AvgIpc) is 2.69. The number of halogens is 1. The summed E-state index contributed by atoms with van der Waals surface area (Å²) in [6.45, 7) is 15.2. The third kappa shape index (κ3) is 3.88. The van der Waals surface area contributed by atoms with Gasteiger partial charge in [-0.3, -0.25) is 9.58 Å². The Balaban J connectivity index is 2.21. The molecule has 5 heteroatoms. The smallest absolute Gasteiger partial charge is 0.0739 e. The predicted molar refractivity (Wildman–Crippen MR) is 91.5 cm³/mol. The Hall–Kier alpha value is -0.390. The van der Waals surface area contributed by atoms with E-state index in [9.17, 15) is 0 Å². The molecule has 2 heterocycles. The van der Waals surface area contributed by atoms with E-state index in [0.717, 1.165) is 31.9 Å². The molecule has 1 aromatic rings. The van der Waals surface area contributed by atoms with Gasteiger partial charge in [0.05, 0.1) is 15.9 Å². The van der Waals surface area contributed by atoms with E-state index >= 15 is 0 Å². The maximum Gasteiger partial charge on any atom is 0.0739 e. The minimum Gasteiger partial charge on any atom is -0.309 e. The second-order valence-electron chi connectivity index (χ2n) is 6.77. The van der Waals surface area contributed by atoms with Crippen LogP contribution in [0, 0.1) is 6.92 Å². The molecule has 0 amide bonds. The molecule has 0 aromatic carbocycles. The Morgan fingerprint density at radius 3 is 2.71 bits per heavy atom. The lowest BCUT2D eigenvalue weighted by Gasteiger charge is -2.44. The topological polar surface area (TPSA) is 33.1 Å². The summed E-state index contributed by atoms with van der Waals surface area (Å²) < 4.78 is 3.31. The van der Waals surface area contributed by atoms with Crippen molar-refractivity contribution in [3.05, 3.63) is 15.9 Å². The van der Waals surface area contributed by atoms with Gasteiger partial charge >= 0.3 is 0 Å². The Morgan fingerprint density at radius 1 is 1.38 bits per heavy atom. The third-order valence-electron chi connectivity index (χ3n) is 4.36. The Labute approximate surface area is 137 Å². The zero-order chi connectivity index (χ0) is 15.6. The molecule has 0 saturated carbocycles. The number of piperazine rings is 1. The molecule has 0 spiro atoms. The number of aromatic nitrogens is 2. The maximum absolute atomic E-state index is 4.63. The molecule has 1 fully saturated rings. The van der Waals surface area contributed by atoms with Crippen molar-refractivity contribution >= 4 is 15.9 Å². The molecule has 1 N–H and O–H groups in total. The third-order valence-corrected chi connectivity index (χ3v) is 5.39. The van der Waals surface area contributed by atoms with E-state index in [1.807, 2.05) is 0 Å². The first-order chi connectivity index (χ1) is 9.88. The van der Waals surface area contributed by atoms with Gasteiger partial charge in [0, 0.05) is 37.8 Å². The molecule has 0 radical (unpaired) electrons. The molecule has 0 bridgehead atoms. The van der Waals surface area contributed by atoms with E-state index in [0.29, 0.717) is 6.04 Å². The number of nitrogens with one attached hydrogen (secondary N) is 1. The average molecular weight is 357 g/mol. The standard InChI is InChI=1S/C16H29BrN4/c1-6-8-13-9-18-16(4,5)11-20(13)10-14-15(17)12(3)19-21(14)7-2/h13,18H,6-11H2,1-5H3. The number of nitrogens with zero attached hydrogens (tertiary/aromatic N) is 3. The van der Waals surface area contributed by atoms with Crippen molar-refractivity contribution in [3.63, 3.8) is 0 Å². The van der Waals surface area contributed by atoms with Crippen LogP contribution in [-0.2, 0) is 13.1 Å². The highest BCUT2D eigenvalue weighted by Crippen LogP contribution is 2.26. The van der Waals surface area contributed by atoms with E-state index in [1.54, 1.807) is 0 Å². The fourth-order valence-electron chi connectivity index (χ4n) is 3.23. The van der Waals surface area contributed by atoms with Crippen LogP contribution in [-0.4, -0.2) is 39.4 Å². The van der Waals surface area contributed by atoms with Gasteiger partial charge in [-0.05, 0) is 50.0 Å². The molecule has 120 valence electrons. The SMILES string of the molecule is CCCC1CNC(C)(C)CN1Cc1c(Br)c(C)nn1CC. The highest BCUT2D eigenvalue weighted by molar-refractivity contribution is 9.10. The number of aryl methyl sites for hydroxylation is 2. The van der Waals surface area contributed by atoms with Gasteiger partial charge in [-0.15, -0.1) is 0 Å². The van der Waals surface area contributed by atoms with Crippen LogP contribution >= 0.6 is 15.9 Å². The first kappa shape index (κ1) is 17.0. The molecule has 1 atom stereocenters. The van der Waals surface area contributed by atoms with E-state index in [1.165, 1.54) is 23.0 Å². The fraction of sp³-hybridized carbons (Fsp3) is 0.812. The summed E-state index contributed by atoms with van der Waals surface area (Å²) in [5, 5.41) is 8.31. The summed E-state index contributed by atoms with van der Waals surface area (Å²) in [4.78, 5) is 2.63. The van der Waals surface area contributed by atoms with Crippen LogP contribution in [0.3, 0.4) is 0 Å². The Morgan fingerprint density at radius 2 is 2.10 bits per heavy atom. The minimum atomic E-state index is 0.183. The quantitative estimate of drug-likeness (QED) is 0.878. The van der Waals surface area contributed by atoms with Crippen molar-refractivity contribution in [1.82, 2.24) is 20.0 Å². The van der Waals surface area contributed by atoms with E-state index < -0.39 is 0 Å². The number of hydrogen-bond acceptors (Lipinski definition) is 3. The van der Waals surface area contributed by atoms with Crippen molar-refractivity contribution in [2.75, 3.05) is 13.1 Å². The molecule has 2 rings (SSSR count). The van der Waals surface area contributed by atoms with Crippen LogP contribution in [0.25, 0.3) is 0 Å². The van der Waals surface area contributed by atoms with Gasteiger partial charge in [-0.2, -0.15) is 5.10 Å². The van der Waals surface area contributed by atoms with Crippen LogP contribution < -0.4 is 5.32 Å². The highest BCUT2D eigenvalue weighted by atomic mass is 79.9. The normalized spacial score (nSPS) is 22.7. The van der Waals surface area contributed by atoms with Gasteiger partial charge in [-0.1, -0.05) is 13.3 Å². The first-order valence-electron chi connectivity index (χ1n) is 8.08. The molecule has 1 aromatic heterocycles. The van der Waals surface area contributed by atoms with Crippen molar-refractivity contribution in [2.24, 2.45) is 0 Å². The van der Waals surface area contributed by atoms with Crippen molar-refractivity contribution in [2.45, 2.75) is 72.1 Å². The molecule has 1 unspecified atom stereocenters. The zero-order valence-corrected chi connectivity index (χ0v) is 15.6. The molecule has 1 saturated heterocycles. The zero-order valence-electron chi connectivity index (χ0n) is 14.0. The summed E-state index contributed by atoms with van der Waals surface area (Å²) in [5.74, 6) is 0. The van der Waals surface area contributed by atoms with Crippen molar-refractivity contribution in [1.29, 1.82) is 0 Å². The van der Waals surface area contributed by atoms with Gasteiger partial charge in [0.2, 0.25) is 0 Å². The minimum absolute atomic E-state index is 0.183. The van der Waals surface area contributed by atoms with Gasteiger partial charge < -0.3 is 5.32 Å². The van der Waals surface area contributed by atoms with Crippen molar-refractivity contribution < 1.29 is 0 Å². The second kappa shape index (κ2) is 6.80. The van der Waals surface area contributed by atoms with E-state index in [2.05, 4.69) is 70.5 Å². The largest absolute Gasteiger partial charge is 0.309 e. The fourth-order valence-corrected chi connectivity index (χ4v) is 3.64. The molecule has 0 aliphatic carbocycles. The van der Waals surface area contributed by atoms with Crippen molar-refractivity contribution in [3.8, 4) is 0 Å². The van der Waals surface area contributed by atoms with Crippen LogP contribution in [0.4, 0.5) is 0 Å². The van der Waals surface area contributed by atoms with Crippen LogP contribution in [0.5, 0.6) is 0 Å². The molecular weight excluding hydrogens is 328 g/mol. The molecule has 1 aliphatic rings. The van der Waals surface area contributed by atoms with Crippen LogP contribution in [0.1, 0.15) is 51.9 Å². The molecule has 21 heavy (non-hydrogen) atoms. The molecular formula is C16H29BrN4. The van der Waals surface area contributed by atoms with E-state index in [-0.39, 0.29) is 5.54 Å². The monoisotopic (exact) mass is 356 g/mol. The predicted octanol–water partition coefficient (Wildman–Crippen LogP) is 3.33. The van der Waals surface area contributed by atoms with Gasteiger partial charge in [0.15, 0.2) is 0 Å². The Kier molecular flexibility index (Phi) is 5.49. The second-order valence-corrected chi connectivity index (χ2v) is 7.57. The molecule has 1 aliphatic heterocycles. The number of rotatable bonds is 5. The van der Waals surface area contributed by atoms with Gasteiger partial charge in [-0.25, -0.2) is 0 Å². The lowest BCUT2D eigenvalue weighted by molar-refractivity contribution is 0.0799. The summed E-state index contributed by atoms with van der Waals surface area (Å²) in [6, 6.07) is 0.621. The summed E-state index contributed by atoms with van der Waals surface area (Å²) >= 11 is 3.73. The first-order valence-corrected chi connectivity index (χ1v) is 8.88. The summed E-state index contributed by atoms with van der Waals surface area (Å²) in [5.41, 5.74) is 2.59. The van der Waals surface area contributed by atoms with Gasteiger partial charge in [0.1, 0.15) is 0 Å². The lowest BCUT2D eigenvalue weighted by atomic mass is 9.96. The van der Waals surface area contributed by atoms with Crippen LogP contribution in [0.15, 0.2) is 4.47 Å². The summed E-state index contributed by atoms with van der Waals surface area (Å²) in [6.07, 6.45) is 2.48. The summed E-state index contributed by atoms with van der Waals surface area (Å²) in [7, 11) is 0. The lowest BCUT2D eigenvalue weighted by Crippen LogP contribution is -2.61. The highest BCUT2D eigenvalue weighted by Gasteiger charge is 2.33. The molecule has 4 nitrogen and oxygen atoms in total. The number of hydrogen-bond donors (Lipinski definition) is 1. The maximum atomic E-state index is 4.63.